The number of carboxylic acids is 1. The number of halogens is 1. The molecule has 2 unspecified atom stereocenters. The maximum atomic E-state index is 13.0. The van der Waals surface area contributed by atoms with Gasteiger partial charge in [0.1, 0.15) is 11.9 Å². The van der Waals surface area contributed by atoms with Crippen LogP contribution in [0.2, 0.25) is 0 Å². The lowest BCUT2D eigenvalue weighted by Crippen LogP contribution is -2.38. The van der Waals surface area contributed by atoms with E-state index in [2.05, 4.69) is 5.32 Å². The lowest BCUT2D eigenvalue weighted by Gasteiger charge is -2.20. The maximum absolute atomic E-state index is 13.0. The molecule has 7 heteroatoms. The Kier molecular flexibility index (Phi) is 8.21. The summed E-state index contributed by atoms with van der Waals surface area (Å²) < 4.78 is 23.4. The van der Waals surface area contributed by atoms with Crippen LogP contribution in [0.4, 0.5) is 4.39 Å². The third kappa shape index (κ3) is 7.21. The highest BCUT2D eigenvalue weighted by molar-refractivity contribution is 5.81. The van der Waals surface area contributed by atoms with Crippen molar-refractivity contribution in [1.29, 1.82) is 0 Å². The number of carbonyl (C=O) groups is 2. The largest absolute Gasteiger partial charge is 0.481 e. The van der Waals surface area contributed by atoms with Gasteiger partial charge in [0, 0.05) is 6.61 Å². The molecule has 0 aromatic heterocycles. The minimum Gasteiger partial charge on any atom is -0.481 e. The molecule has 0 saturated carbocycles. The van der Waals surface area contributed by atoms with Crippen LogP contribution < -0.4 is 5.32 Å². The van der Waals surface area contributed by atoms with Crippen molar-refractivity contribution in [2.45, 2.75) is 32.4 Å². The Morgan fingerprint density at radius 1 is 1.26 bits per heavy atom. The number of aliphatic carboxylic acids is 1. The van der Waals surface area contributed by atoms with Crippen LogP contribution in [-0.2, 0) is 19.1 Å². The Bertz CT molecular complexity index is 506. The molecule has 2 N–H and O–H groups in total. The second-order valence-electron chi connectivity index (χ2n) is 4.92. The van der Waals surface area contributed by atoms with Gasteiger partial charge in [-0.1, -0.05) is 12.1 Å². The predicted octanol–water partition coefficient (Wildman–Crippen LogP) is 1.90. The van der Waals surface area contributed by atoms with Crippen LogP contribution in [0.1, 0.15) is 31.9 Å². The van der Waals surface area contributed by atoms with E-state index in [1.807, 2.05) is 6.92 Å². The summed E-state index contributed by atoms with van der Waals surface area (Å²) >= 11 is 0. The van der Waals surface area contributed by atoms with Gasteiger partial charge in [0.2, 0.25) is 5.91 Å². The van der Waals surface area contributed by atoms with Crippen molar-refractivity contribution in [2.75, 3.05) is 19.8 Å². The number of benzene rings is 1. The van der Waals surface area contributed by atoms with Gasteiger partial charge in [0.05, 0.1) is 25.7 Å². The second-order valence-corrected chi connectivity index (χ2v) is 4.92. The van der Waals surface area contributed by atoms with Gasteiger partial charge in [-0.05, 0) is 31.5 Å². The van der Waals surface area contributed by atoms with Crippen LogP contribution in [0, 0.1) is 5.82 Å². The van der Waals surface area contributed by atoms with Gasteiger partial charge in [0.25, 0.3) is 0 Å². The van der Waals surface area contributed by atoms with Gasteiger partial charge in [-0.3, -0.25) is 9.59 Å². The highest BCUT2D eigenvalue weighted by atomic mass is 19.1. The van der Waals surface area contributed by atoms with Crippen LogP contribution in [-0.4, -0.2) is 42.9 Å². The molecule has 0 fully saturated rings. The number of ether oxygens (including phenoxy) is 2. The smallest absolute Gasteiger partial charge is 0.305 e. The summed E-state index contributed by atoms with van der Waals surface area (Å²) in [5.74, 6) is -1.93. The molecular weight excluding hydrogens is 305 g/mol. The molecule has 1 aromatic rings. The molecule has 0 spiro atoms. The van der Waals surface area contributed by atoms with Crippen molar-refractivity contribution in [3.05, 3.63) is 35.6 Å². The van der Waals surface area contributed by atoms with E-state index in [1.165, 1.54) is 24.3 Å². The fourth-order valence-electron chi connectivity index (χ4n) is 1.91. The van der Waals surface area contributed by atoms with E-state index in [9.17, 15) is 14.0 Å². The summed E-state index contributed by atoms with van der Waals surface area (Å²) in [5.41, 5.74) is 0.517. The molecule has 0 heterocycles. The highest BCUT2D eigenvalue weighted by Crippen LogP contribution is 2.18. The summed E-state index contributed by atoms with van der Waals surface area (Å²) in [6.45, 7) is 4.64. The first-order chi connectivity index (χ1) is 10.9. The summed E-state index contributed by atoms with van der Waals surface area (Å²) in [4.78, 5) is 23.1. The van der Waals surface area contributed by atoms with Crippen LogP contribution in [0.15, 0.2) is 24.3 Å². The molecule has 128 valence electrons. The summed E-state index contributed by atoms with van der Waals surface area (Å²) in [5, 5.41) is 11.6. The van der Waals surface area contributed by atoms with Gasteiger partial charge in [-0.15, -0.1) is 0 Å². The Balaban J connectivity index is 2.63. The molecule has 23 heavy (non-hydrogen) atoms. The topological polar surface area (TPSA) is 84.9 Å². The van der Waals surface area contributed by atoms with Crippen molar-refractivity contribution >= 4 is 11.9 Å². The van der Waals surface area contributed by atoms with Crippen LogP contribution in [0.3, 0.4) is 0 Å². The Morgan fingerprint density at radius 2 is 1.91 bits per heavy atom. The summed E-state index contributed by atoms with van der Waals surface area (Å²) in [6, 6.07) is 4.59. The molecule has 2 atom stereocenters. The van der Waals surface area contributed by atoms with E-state index in [0.29, 0.717) is 18.8 Å². The predicted molar refractivity (Wildman–Crippen MR) is 81.4 cm³/mol. The van der Waals surface area contributed by atoms with E-state index in [4.69, 9.17) is 14.6 Å². The Morgan fingerprint density at radius 3 is 2.48 bits per heavy atom. The normalized spacial score (nSPS) is 13.3. The zero-order valence-corrected chi connectivity index (χ0v) is 13.3. The molecule has 0 saturated heterocycles. The number of amides is 1. The first kappa shape index (κ1) is 19.1. The van der Waals surface area contributed by atoms with Gasteiger partial charge in [-0.2, -0.15) is 0 Å². The third-order valence-electron chi connectivity index (χ3n) is 3.14. The van der Waals surface area contributed by atoms with Gasteiger partial charge < -0.3 is 19.9 Å². The molecule has 1 rings (SSSR count). The number of hydrogen-bond donors (Lipinski definition) is 2. The summed E-state index contributed by atoms with van der Waals surface area (Å²) in [7, 11) is 0. The second kappa shape index (κ2) is 9.91. The summed E-state index contributed by atoms with van der Waals surface area (Å²) in [6.07, 6.45) is -1.05. The fraction of sp³-hybridized carbons (Fsp3) is 0.500. The molecule has 1 amide bonds. The van der Waals surface area contributed by atoms with E-state index >= 15 is 0 Å². The average molecular weight is 327 g/mol. The Hall–Kier alpha value is -1.99. The van der Waals surface area contributed by atoms with Crippen molar-refractivity contribution < 1.29 is 28.6 Å². The monoisotopic (exact) mass is 327 g/mol. The van der Waals surface area contributed by atoms with E-state index < -0.39 is 29.8 Å². The first-order valence-corrected chi connectivity index (χ1v) is 7.41. The molecule has 0 aliphatic heterocycles. The quantitative estimate of drug-likeness (QED) is 0.641. The van der Waals surface area contributed by atoms with E-state index in [-0.39, 0.29) is 13.0 Å². The highest BCUT2D eigenvalue weighted by Gasteiger charge is 2.21. The van der Waals surface area contributed by atoms with E-state index in [0.717, 1.165) is 0 Å². The lowest BCUT2D eigenvalue weighted by molar-refractivity contribution is -0.138. The van der Waals surface area contributed by atoms with E-state index in [1.54, 1.807) is 6.92 Å². The molecule has 1 aromatic carbocycles. The number of carbonyl (C=O) groups excluding carboxylic acids is 1. The zero-order valence-electron chi connectivity index (χ0n) is 13.3. The number of hydrogen-bond acceptors (Lipinski definition) is 4. The SMILES string of the molecule is CCOCCOC(C)C(=O)NC(CC(=O)O)c1ccc(F)cc1. The van der Waals surface area contributed by atoms with Crippen LogP contribution in [0.25, 0.3) is 0 Å². The van der Waals surface area contributed by atoms with Gasteiger partial charge in [0.15, 0.2) is 0 Å². The lowest BCUT2D eigenvalue weighted by atomic mass is 10.0. The minimum atomic E-state index is -1.07. The van der Waals surface area contributed by atoms with Crippen molar-refractivity contribution in [3.8, 4) is 0 Å². The standard InChI is InChI=1S/C16H22FNO5/c1-3-22-8-9-23-11(2)16(21)18-14(10-15(19)20)12-4-6-13(17)7-5-12/h4-7,11,14H,3,8-10H2,1-2H3,(H,18,21)(H,19,20). The molecule has 0 radical (unpaired) electrons. The van der Waals surface area contributed by atoms with Gasteiger partial charge >= 0.3 is 5.97 Å². The molecule has 0 aliphatic rings. The molecule has 0 aliphatic carbocycles. The Labute approximate surface area is 134 Å². The van der Waals surface area contributed by atoms with Crippen LogP contribution >= 0.6 is 0 Å². The number of carboxylic acid groups (broad SMARTS) is 1. The van der Waals surface area contributed by atoms with Crippen molar-refractivity contribution in [2.24, 2.45) is 0 Å². The van der Waals surface area contributed by atoms with Crippen LogP contribution in [0.5, 0.6) is 0 Å². The fourth-order valence-corrected chi connectivity index (χ4v) is 1.91. The minimum absolute atomic E-state index is 0.266. The zero-order chi connectivity index (χ0) is 17.2. The number of rotatable bonds is 10. The molecule has 6 nitrogen and oxygen atoms in total. The third-order valence-corrected chi connectivity index (χ3v) is 3.14. The van der Waals surface area contributed by atoms with Gasteiger partial charge in [-0.25, -0.2) is 4.39 Å². The maximum Gasteiger partial charge on any atom is 0.305 e. The number of nitrogens with one attached hydrogen (secondary N) is 1. The van der Waals surface area contributed by atoms with Crippen molar-refractivity contribution in [1.82, 2.24) is 5.32 Å². The average Bonchev–Trinajstić information content (AvgIpc) is 2.51. The molecular formula is C16H22FNO5. The van der Waals surface area contributed by atoms with Crippen molar-refractivity contribution in [3.63, 3.8) is 0 Å². The molecule has 0 bridgehead atoms. The first-order valence-electron chi connectivity index (χ1n) is 7.41.